The molecule has 1 saturated heterocycles. The standard InChI is InChI=1S/C20H21N5OS/c1-12-13(2)27-19-16(12)18-22-17(14-7-4-3-5-8-14)24-25(18)20(23-19)21-11-15-9-6-10-26-15/h3-5,7-8,15H,6,9-11H2,1-2H3,(H,21,23)/t15-/m1/s1. The van der Waals surface area contributed by atoms with Crippen molar-refractivity contribution in [2.75, 3.05) is 18.5 Å². The molecule has 5 rings (SSSR count). The Morgan fingerprint density at radius 2 is 2.07 bits per heavy atom. The Hall–Kier alpha value is -2.51. The SMILES string of the molecule is Cc1sc2nc(NC[C@H]3CCCO3)n3nc(-c4ccccc4)nc3c2c1C. The summed E-state index contributed by atoms with van der Waals surface area (Å²) in [5.74, 6) is 1.44. The average molecular weight is 379 g/mol. The summed E-state index contributed by atoms with van der Waals surface area (Å²) >= 11 is 1.71. The smallest absolute Gasteiger partial charge is 0.227 e. The predicted octanol–water partition coefficient (Wildman–Crippen LogP) is 4.21. The Kier molecular flexibility index (Phi) is 4.06. The van der Waals surface area contributed by atoms with Gasteiger partial charge in [-0.05, 0) is 32.3 Å². The largest absolute Gasteiger partial charge is 0.376 e. The number of benzene rings is 1. The fraction of sp³-hybridized carbons (Fsp3) is 0.350. The van der Waals surface area contributed by atoms with Crippen LogP contribution in [0.15, 0.2) is 30.3 Å². The maximum Gasteiger partial charge on any atom is 0.227 e. The normalized spacial score (nSPS) is 17.2. The summed E-state index contributed by atoms with van der Waals surface area (Å²) < 4.78 is 7.59. The number of ether oxygens (including phenoxy) is 1. The van der Waals surface area contributed by atoms with Crippen LogP contribution < -0.4 is 5.32 Å². The summed E-state index contributed by atoms with van der Waals surface area (Å²) in [5, 5.41) is 9.31. The van der Waals surface area contributed by atoms with E-state index >= 15 is 0 Å². The van der Waals surface area contributed by atoms with Gasteiger partial charge in [0.1, 0.15) is 4.83 Å². The molecule has 1 N–H and O–H groups in total. The van der Waals surface area contributed by atoms with Gasteiger partial charge in [-0.25, -0.2) is 9.97 Å². The van der Waals surface area contributed by atoms with Gasteiger partial charge in [0.15, 0.2) is 11.5 Å². The number of aryl methyl sites for hydroxylation is 2. The van der Waals surface area contributed by atoms with E-state index in [1.807, 2.05) is 34.8 Å². The van der Waals surface area contributed by atoms with Gasteiger partial charge in [-0.15, -0.1) is 16.4 Å². The zero-order chi connectivity index (χ0) is 18.4. The van der Waals surface area contributed by atoms with E-state index in [1.54, 1.807) is 11.3 Å². The molecule has 27 heavy (non-hydrogen) atoms. The lowest BCUT2D eigenvalue weighted by Crippen LogP contribution is -2.20. The third-order valence-electron chi connectivity index (χ3n) is 5.15. The van der Waals surface area contributed by atoms with Crippen molar-refractivity contribution in [3.05, 3.63) is 40.8 Å². The second-order valence-corrected chi connectivity index (χ2v) is 8.15. The minimum Gasteiger partial charge on any atom is -0.376 e. The minimum absolute atomic E-state index is 0.237. The van der Waals surface area contributed by atoms with Crippen molar-refractivity contribution in [2.24, 2.45) is 0 Å². The van der Waals surface area contributed by atoms with E-state index in [0.29, 0.717) is 5.82 Å². The van der Waals surface area contributed by atoms with Crippen molar-refractivity contribution in [1.82, 2.24) is 19.6 Å². The number of thiophene rings is 1. The van der Waals surface area contributed by atoms with Gasteiger partial charge in [-0.3, -0.25) is 0 Å². The lowest BCUT2D eigenvalue weighted by Gasteiger charge is -2.12. The molecule has 138 valence electrons. The number of nitrogens with zero attached hydrogens (tertiary/aromatic N) is 4. The number of rotatable bonds is 4. The molecule has 1 aliphatic heterocycles. The van der Waals surface area contributed by atoms with Crippen molar-refractivity contribution in [2.45, 2.75) is 32.8 Å². The maximum absolute atomic E-state index is 5.74. The first-order valence-electron chi connectivity index (χ1n) is 9.28. The van der Waals surface area contributed by atoms with Gasteiger partial charge in [-0.2, -0.15) is 4.52 Å². The zero-order valence-corrected chi connectivity index (χ0v) is 16.2. The maximum atomic E-state index is 5.74. The Morgan fingerprint density at radius 3 is 2.85 bits per heavy atom. The highest BCUT2D eigenvalue weighted by atomic mass is 32.1. The predicted molar refractivity (Wildman–Crippen MR) is 109 cm³/mol. The molecular weight excluding hydrogens is 358 g/mol. The van der Waals surface area contributed by atoms with Crippen LogP contribution in [0.5, 0.6) is 0 Å². The van der Waals surface area contributed by atoms with Gasteiger partial charge < -0.3 is 10.1 Å². The van der Waals surface area contributed by atoms with Gasteiger partial charge in [-0.1, -0.05) is 30.3 Å². The average Bonchev–Trinajstić information content (AvgIpc) is 3.41. The second-order valence-electron chi connectivity index (χ2n) is 6.95. The molecule has 1 fully saturated rings. The lowest BCUT2D eigenvalue weighted by molar-refractivity contribution is 0.120. The van der Waals surface area contributed by atoms with E-state index in [1.165, 1.54) is 10.4 Å². The van der Waals surface area contributed by atoms with E-state index in [0.717, 1.165) is 53.4 Å². The number of nitrogens with one attached hydrogen (secondary N) is 1. The van der Waals surface area contributed by atoms with Gasteiger partial charge in [0, 0.05) is 23.6 Å². The second kappa shape index (κ2) is 6.58. The minimum atomic E-state index is 0.237. The quantitative estimate of drug-likeness (QED) is 0.575. The highest BCUT2D eigenvalue weighted by Crippen LogP contribution is 2.33. The van der Waals surface area contributed by atoms with Crippen molar-refractivity contribution >= 4 is 33.1 Å². The summed E-state index contributed by atoms with van der Waals surface area (Å²) in [6.07, 6.45) is 2.45. The summed E-state index contributed by atoms with van der Waals surface area (Å²) in [5.41, 5.74) is 3.09. The van der Waals surface area contributed by atoms with Gasteiger partial charge >= 0.3 is 0 Å². The van der Waals surface area contributed by atoms with Crippen LogP contribution in [0.1, 0.15) is 23.3 Å². The molecule has 1 aliphatic rings. The number of anilines is 1. The molecule has 0 aliphatic carbocycles. The number of hydrogen-bond donors (Lipinski definition) is 1. The van der Waals surface area contributed by atoms with Crippen LogP contribution >= 0.6 is 11.3 Å². The van der Waals surface area contributed by atoms with E-state index in [4.69, 9.17) is 19.8 Å². The molecular formula is C20H21N5OS. The van der Waals surface area contributed by atoms with Crippen LogP contribution in [0.2, 0.25) is 0 Å². The summed E-state index contributed by atoms with van der Waals surface area (Å²) in [6.45, 7) is 5.84. The van der Waals surface area contributed by atoms with E-state index in [9.17, 15) is 0 Å². The summed E-state index contributed by atoms with van der Waals surface area (Å²) in [4.78, 5) is 12.0. The van der Waals surface area contributed by atoms with Crippen molar-refractivity contribution in [3.63, 3.8) is 0 Å². The molecule has 0 spiro atoms. The number of aromatic nitrogens is 4. The van der Waals surface area contributed by atoms with Crippen LogP contribution in [-0.4, -0.2) is 38.8 Å². The Balaban J connectivity index is 1.66. The van der Waals surface area contributed by atoms with Gasteiger partial charge in [0.05, 0.1) is 11.5 Å². The Morgan fingerprint density at radius 1 is 1.22 bits per heavy atom. The monoisotopic (exact) mass is 379 g/mol. The molecule has 0 amide bonds. The Bertz CT molecular complexity index is 1110. The van der Waals surface area contributed by atoms with Crippen LogP contribution in [-0.2, 0) is 4.74 Å². The molecule has 6 nitrogen and oxygen atoms in total. The molecule has 7 heteroatoms. The molecule has 0 saturated carbocycles. The van der Waals surface area contributed by atoms with Crippen LogP contribution in [0.3, 0.4) is 0 Å². The zero-order valence-electron chi connectivity index (χ0n) is 15.4. The first-order valence-corrected chi connectivity index (χ1v) is 10.1. The molecule has 0 bridgehead atoms. The molecule has 3 aromatic heterocycles. The molecule has 1 aromatic carbocycles. The van der Waals surface area contributed by atoms with Crippen LogP contribution in [0.4, 0.5) is 5.95 Å². The van der Waals surface area contributed by atoms with Crippen LogP contribution in [0.25, 0.3) is 27.3 Å². The molecule has 4 aromatic rings. The molecule has 0 radical (unpaired) electrons. The molecule has 1 atom stereocenters. The fourth-order valence-corrected chi connectivity index (χ4v) is 4.57. The molecule has 0 unspecified atom stereocenters. The topological polar surface area (TPSA) is 64.3 Å². The third-order valence-corrected chi connectivity index (χ3v) is 6.25. The number of fused-ring (bicyclic) bond motifs is 3. The van der Waals surface area contributed by atoms with E-state index in [-0.39, 0.29) is 6.10 Å². The van der Waals surface area contributed by atoms with Crippen molar-refractivity contribution < 1.29 is 4.74 Å². The fourth-order valence-electron chi connectivity index (χ4n) is 3.55. The van der Waals surface area contributed by atoms with E-state index < -0.39 is 0 Å². The van der Waals surface area contributed by atoms with E-state index in [2.05, 4.69) is 19.2 Å². The van der Waals surface area contributed by atoms with Crippen molar-refractivity contribution in [1.29, 1.82) is 0 Å². The first kappa shape index (κ1) is 16.6. The first-order chi connectivity index (χ1) is 13.2. The van der Waals surface area contributed by atoms with Gasteiger partial charge in [0.2, 0.25) is 5.95 Å². The molecule has 4 heterocycles. The highest BCUT2D eigenvalue weighted by molar-refractivity contribution is 7.18. The van der Waals surface area contributed by atoms with Crippen LogP contribution in [0, 0.1) is 13.8 Å². The Labute approximate surface area is 161 Å². The summed E-state index contributed by atoms with van der Waals surface area (Å²) in [6, 6.07) is 10.1. The highest BCUT2D eigenvalue weighted by Gasteiger charge is 2.20. The summed E-state index contributed by atoms with van der Waals surface area (Å²) in [7, 11) is 0. The third kappa shape index (κ3) is 2.87. The van der Waals surface area contributed by atoms with Crippen molar-refractivity contribution in [3.8, 4) is 11.4 Å². The van der Waals surface area contributed by atoms with Gasteiger partial charge in [0.25, 0.3) is 0 Å². The number of hydrogen-bond acceptors (Lipinski definition) is 6. The lowest BCUT2D eigenvalue weighted by atomic mass is 10.2.